The van der Waals surface area contributed by atoms with Gasteiger partial charge in [-0.05, 0) is 47.4 Å². The first-order chi connectivity index (χ1) is 19.9. The first-order valence-electron chi connectivity index (χ1n) is 13.5. The maximum absolute atomic E-state index is 13.9. The lowest BCUT2D eigenvalue weighted by atomic mass is 10.0. The zero-order chi connectivity index (χ0) is 29.1. The van der Waals surface area contributed by atoms with Gasteiger partial charge in [-0.15, -0.1) is 0 Å². The van der Waals surface area contributed by atoms with Crippen LogP contribution in [0, 0.1) is 0 Å². The fourth-order valence-corrected chi connectivity index (χ4v) is 5.53. The number of nitrogens with zero attached hydrogens (tertiary/aromatic N) is 2. The lowest BCUT2D eigenvalue weighted by Gasteiger charge is -2.32. The molecule has 0 saturated carbocycles. The Morgan fingerprint density at radius 2 is 1.49 bits per heavy atom. The zero-order valence-electron chi connectivity index (χ0n) is 22.9. The number of sulfonamides is 1. The minimum Gasteiger partial charge on any atom is -0.348 e. The van der Waals surface area contributed by atoms with E-state index in [9.17, 15) is 18.0 Å². The summed E-state index contributed by atoms with van der Waals surface area (Å²) < 4.78 is 27.0. The van der Waals surface area contributed by atoms with Crippen LogP contribution in [-0.4, -0.2) is 36.7 Å². The zero-order valence-corrected chi connectivity index (χ0v) is 23.8. The third kappa shape index (κ3) is 8.33. The summed E-state index contributed by atoms with van der Waals surface area (Å²) in [5, 5.41) is 2.96. The van der Waals surface area contributed by atoms with Gasteiger partial charge in [0.1, 0.15) is 6.04 Å². The molecule has 212 valence electrons. The lowest BCUT2D eigenvalue weighted by Crippen LogP contribution is -2.43. The van der Waals surface area contributed by atoms with Crippen molar-refractivity contribution >= 4 is 21.8 Å². The molecule has 1 heterocycles. The van der Waals surface area contributed by atoms with Crippen molar-refractivity contribution in [3.63, 3.8) is 0 Å². The lowest BCUT2D eigenvalue weighted by molar-refractivity contribution is -0.141. The number of pyridine rings is 1. The highest BCUT2D eigenvalue weighted by molar-refractivity contribution is 7.89. The molecule has 0 radical (unpaired) electrons. The molecule has 2 amide bonds. The summed E-state index contributed by atoms with van der Waals surface area (Å²) in [6.07, 6.45) is 2.20. The highest BCUT2D eigenvalue weighted by Crippen LogP contribution is 2.25. The highest BCUT2D eigenvalue weighted by Gasteiger charge is 2.31. The second-order valence-corrected chi connectivity index (χ2v) is 11.3. The van der Waals surface area contributed by atoms with E-state index in [0.717, 1.165) is 11.1 Å². The summed E-state index contributed by atoms with van der Waals surface area (Å²) >= 11 is 0. The average Bonchev–Trinajstić information content (AvgIpc) is 3.00. The molecule has 1 aromatic heterocycles. The van der Waals surface area contributed by atoms with E-state index < -0.39 is 16.1 Å². The van der Waals surface area contributed by atoms with Gasteiger partial charge in [0.25, 0.3) is 0 Å². The number of hydrogen-bond acceptors (Lipinski definition) is 5. The molecule has 0 fully saturated rings. The van der Waals surface area contributed by atoms with E-state index in [1.165, 1.54) is 12.1 Å². The van der Waals surface area contributed by atoms with Crippen molar-refractivity contribution < 1.29 is 18.0 Å². The fourth-order valence-electron chi connectivity index (χ4n) is 4.49. The van der Waals surface area contributed by atoms with Crippen LogP contribution >= 0.6 is 0 Å². The largest absolute Gasteiger partial charge is 0.348 e. The number of carbonyl (C=O) groups excluding carboxylic acids is 2. The van der Waals surface area contributed by atoms with Crippen molar-refractivity contribution in [2.24, 2.45) is 0 Å². The van der Waals surface area contributed by atoms with Crippen molar-refractivity contribution in [3.05, 3.63) is 132 Å². The summed E-state index contributed by atoms with van der Waals surface area (Å²) in [5.74, 6) is -0.496. The predicted octanol–water partition coefficient (Wildman–Crippen LogP) is 4.40. The number of nitrogens with one attached hydrogen (secondary N) is 2. The monoisotopic (exact) mass is 570 g/mol. The molecule has 0 spiro atoms. The van der Waals surface area contributed by atoms with Crippen LogP contribution in [0.1, 0.15) is 41.8 Å². The summed E-state index contributed by atoms with van der Waals surface area (Å²) in [7, 11) is -3.56. The summed E-state index contributed by atoms with van der Waals surface area (Å²) in [6, 6.07) is 30.0. The Morgan fingerprint density at radius 3 is 2.12 bits per heavy atom. The molecule has 3 aromatic carbocycles. The molecule has 0 aliphatic heterocycles. The molecular formula is C32H34N4O4S. The van der Waals surface area contributed by atoms with E-state index in [0.29, 0.717) is 24.2 Å². The molecular weight excluding hydrogens is 536 g/mol. The van der Waals surface area contributed by atoms with Gasteiger partial charge in [-0.25, -0.2) is 13.1 Å². The Labute approximate surface area is 241 Å². The normalized spacial score (nSPS) is 11.9. The predicted molar refractivity (Wildman–Crippen MR) is 158 cm³/mol. The summed E-state index contributed by atoms with van der Waals surface area (Å²) in [5.41, 5.74) is 3.14. The molecule has 1 unspecified atom stereocenters. The molecule has 1 atom stereocenters. The second kappa shape index (κ2) is 14.3. The fraction of sp³-hybridized carbons (Fsp3) is 0.219. The van der Waals surface area contributed by atoms with Crippen LogP contribution in [0.5, 0.6) is 0 Å². The van der Waals surface area contributed by atoms with Crippen LogP contribution in [-0.2, 0) is 39.1 Å². The third-order valence-electron chi connectivity index (χ3n) is 6.56. The van der Waals surface area contributed by atoms with Gasteiger partial charge in [0, 0.05) is 25.7 Å². The molecule has 0 aliphatic carbocycles. The number of benzene rings is 3. The molecule has 41 heavy (non-hydrogen) atoms. The Hall–Kier alpha value is -4.34. The summed E-state index contributed by atoms with van der Waals surface area (Å²) in [4.78, 5) is 33.6. The maximum Gasteiger partial charge on any atom is 0.247 e. The number of rotatable bonds is 13. The molecule has 2 N–H and O–H groups in total. The molecule has 9 heteroatoms. The van der Waals surface area contributed by atoms with Crippen molar-refractivity contribution in [1.82, 2.24) is 19.9 Å². The van der Waals surface area contributed by atoms with Crippen LogP contribution in [0.2, 0.25) is 0 Å². The van der Waals surface area contributed by atoms with Gasteiger partial charge in [0.05, 0.1) is 17.1 Å². The van der Waals surface area contributed by atoms with Crippen LogP contribution in [0.4, 0.5) is 0 Å². The van der Waals surface area contributed by atoms with Crippen molar-refractivity contribution in [2.45, 2.75) is 43.8 Å². The summed E-state index contributed by atoms with van der Waals surface area (Å²) in [6.45, 7) is 2.50. The number of aromatic nitrogens is 1. The molecule has 4 aromatic rings. The van der Waals surface area contributed by atoms with Crippen LogP contribution < -0.4 is 10.0 Å². The first kappa shape index (κ1) is 29.6. The Morgan fingerprint density at radius 1 is 0.829 bits per heavy atom. The van der Waals surface area contributed by atoms with Gasteiger partial charge < -0.3 is 10.2 Å². The van der Waals surface area contributed by atoms with Gasteiger partial charge in [-0.1, -0.05) is 85.8 Å². The molecule has 0 bridgehead atoms. The number of hydrogen-bond donors (Lipinski definition) is 2. The van der Waals surface area contributed by atoms with Gasteiger partial charge in [0.15, 0.2) is 0 Å². The van der Waals surface area contributed by atoms with Crippen molar-refractivity contribution in [2.75, 3.05) is 6.54 Å². The molecule has 0 aliphatic rings. The average molecular weight is 571 g/mol. The van der Waals surface area contributed by atoms with Crippen molar-refractivity contribution in [1.29, 1.82) is 0 Å². The minimum absolute atomic E-state index is 0.142. The van der Waals surface area contributed by atoms with E-state index in [2.05, 4.69) is 15.0 Å². The van der Waals surface area contributed by atoms with E-state index in [4.69, 9.17) is 0 Å². The van der Waals surface area contributed by atoms with E-state index in [1.54, 1.807) is 30.2 Å². The number of amides is 2. The number of aryl methyl sites for hydroxylation is 1. The Kier molecular flexibility index (Phi) is 10.4. The smallest absolute Gasteiger partial charge is 0.247 e. The van der Waals surface area contributed by atoms with Gasteiger partial charge in [0.2, 0.25) is 21.8 Å². The SMILES string of the molecule is CCNS(=O)(=O)c1ccc(CCC(=O)N(Cc2ccccc2)C(C(=O)NCc2ccccn2)c2ccccc2)cc1. The number of carbonyl (C=O) groups is 2. The van der Waals surface area contributed by atoms with Gasteiger partial charge in [-0.3, -0.25) is 14.6 Å². The second-order valence-electron chi connectivity index (χ2n) is 9.50. The Balaban J connectivity index is 1.58. The maximum atomic E-state index is 13.9. The van der Waals surface area contributed by atoms with Crippen LogP contribution in [0.3, 0.4) is 0 Å². The highest BCUT2D eigenvalue weighted by atomic mass is 32.2. The topological polar surface area (TPSA) is 108 Å². The Bertz CT molecular complexity index is 1510. The quantitative estimate of drug-likeness (QED) is 0.248. The van der Waals surface area contributed by atoms with E-state index in [1.807, 2.05) is 78.9 Å². The van der Waals surface area contributed by atoms with Crippen LogP contribution in [0.15, 0.2) is 114 Å². The van der Waals surface area contributed by atoms with E-state index in [-0.39, 0.29) is 36.2 Å². The van der Waals surface area contributed by atoms with Gasteiger partial charge in [-0.2, -0.15) is 0 Å². The molecule has 4 rings (SSSR count). The van der Waals surface area contributed by atoms with E-state index >= 15 is 0 Å². The molecule has 8 nitrogen and oxygen atoms in total. The standard InChI is InChI=1S/C32H34N4O4S/c1-2-35-41(39,40)29-19-16-25(17-20-29)18-21-30(37)36(24-26-11-5-3-6-12-26)31(27-13-7-4-8-14-27)32(38)34-23-28-15-9-10-22-33-28/h3-17,19-20,22,31,35H,2,18,21,23-24H2,1H3,(H,34,38). The van der Waals surface area contributed by atoms with Crippen LogP contribution in [0.25, 0.3) is 0 Å². The third-order valence-corrected chi connectivity index (χ3v) is 8.12. The minimum atomic E-state index is -3.56. The molecule has 0 saturated heterocycles. The van der Waals surface area contributed by atoms with Crippen molar-refractivity contribution in [3.8, 4) is 0 Å². The first-order valence-corrected chi connectivity index (χ1v) is 15.0. The van der Waals surface area contributed by atoms with Gasteiger partial charge >= 0.3 is 0 Å².